The second kappa shape index (κ2) is 4.06. The van der Waals surface area contributed by atoms with Crippen LogP contribution in [0.4, 0.5) is 0 Å². The molecule has 0 aromatic carbocycles. The van der Waals surface area contributed by atoms with E-state index in [1.165, 1.54) is 0 Å². The van der Waals surface area contributed by atoms with Crippen LogP contribution >= 0.6 is 15.9 Å². The largest absolute Gasteiger partial charge is 0.384 e. The van der Waals surface area contributed by atoms with Crippen LogP contribution in [-0.4, -0.2) is 28.7 Å². The number of nitrogens with zero attached hydrogens (tertiary/aromatic N) is 2. The maximum absolute atomic E-state index is 4.98. The predicted octanol–water partition coefficient (Wildman–Crippen LogP) is 1.91. The van der Waals surface area contributed by atoms with Gasteiger partial charge in [0.15, 0.2) is 0 Å². The van der Waals surface area contributed by atoms with E-state index in [2.05, 4.69) is 30.9 Å². The minimum atomic E-state index is 0.671. The van der Waals surface area contributed by atoms with Gasteiger partial charge in [0.2, 0.25) is 0 Å². The Balaban J connectivity index is 2.36. The fraction of sp³-hybridized carbons (Fsp3) is 0.333. The summed E-state index contributed by atoms with van der Waals surface area (Å²) in [5.41, 5.74) is 1.87. The molecule has 0 aliphatic heterocycles. The zero-order chi connectivity index (χ0) is 9.97. The van der Waals surface area contributed by atoms with Gasteiger partial charge in [-0.15, -0.1) is 0 Å². The van der Waals surface area contributed by atoms with Crippen LogP contribution in [0.3, 0.4) is 0 Å². The summed E-state index contributed by atoms with van der Waals surface area (Å²) in [7, 11) is 1.68. The summed E-state index contributed by atoms with van der Waals surface area (Å²) in [5.74, 6) is 0.926. The number of nitrogens with one attached hydrogen (secondary N) is 1. The third-order valence-electron chi connectivity index (χ3n) is 1.94. The van der Waals surface area contributed by atoms with Gasteiger partial charge in [0.25, 0.3) is 0 Å². The van der Waals surface area contributed by atoms with Crippen LogP contribution in [0.15, 0.2) is 16.9 Å². The number of aromatic nitrogens is 3. The predicted molar refractivity (Wildman–Crippen MR) is 57.2 cm³/mol. The minimum absolute atomic E-state index is 0.671. The van der Waals surface area contributed by atoms with Crippen LogP contribution in [0, 0.1) is 0 Å². The summed E-state index contributed by atoms with van der Waals surface area (Å²) in [6.45, 7) is 0.671. The zero-order valence-electron chi connectivity index (χ0n) is 7.75. The van der Waals surface area contributed by atoms with Crippen LogP contribution in [0.1, 0.15) is 5.82 Å². The maximum Gasteiger partial charge on any atom is 0.109 e. The van der Waals surface area contributed by atoms with E-state index in [0.29, 0.717) is 6.61 Å². The quantitative estimate of drug-likeness (QED) is 0.912. The van der Waals surface area contributed by atoms with Crippen LogP contribution < -0.4 is 0 Å². The molecule has 4 nitrogen and oxygen atoms in total. The summed E-state index contributed by atoms with van der Waals surface area (Å²) in [4.78, 5) is 11.7. The molecule has 5 heteroatoms. The molecule has 74 valence electrons. The van der Waals surface area contributed by atoms with E-state index in [4.69, 9.17) is 4.74 Å². The molecule has 0 aliphatic carbocycles. The Morgan fingerprint density at radius 3 is 3.07 bits per heavy atom. The summed E-state index contributed by atoms with van der Waals surface area (Å²) in [5, 5.41) is 0. The normalized spacial score (nSPS) is 11.0. The van der Waals surface area contributed by atoms with E-state index in [-0.39, 0.29) is 0 Å². The number of H-pyrrole nitrogens is 1. The molecule has 0 amide bonds. The van der Waals surface area contributed by atoms with Crippen molar-refractivity contribution < 1.29 is 4.74 Å². The smallest absolute Gasteiger partial charge is 0.109 e. The summed E-state index contributed by atoms with van der Waals surface area (Å²) >= 11 is 3.40. The number of imidazole rings is 1. The molecule has 0 fully saturated rings. The Hall–Kier alpha value is -0.940. The lowest BCUT2D eigenvalue weighted by atomic mass is 10.4. The third-order valence-corrected chi connectivity index (χ3v) is 2.52. The van der Waals surface area contributed by atoms with Gasteiger partial charge in [-0.05, 0) is 15.9 Å². The van der Waals surface area contributed by atoms with Crippen LogP contribution in [-0.2, 0) is 11.2 Å². The van der Waals surface area contributed by atoms with Gasteiger partial charge >= 0.3 is 0 Å². The van der Waals surface area contributed by atoms with E-state index in [9.17, 15) is 0 Å². The number of pyridine rings is 1. The number of ether oxygens (including phenoxy) is 1. The highest BCUT2D eigenvalue weighted by atomic mass is 79.9. The molecule has 2 aromatic rings. The van der Waals surface area contributed by atoms with Crippen LogP contribution in [0.2, 0.25) is 0 Å². The Morgan fingerprint density at radius 1 is 1.50 bits per heavy atom. The van der Waals surface area contributed by atoms with Crippen molar-refractivity contribution in [3.05, 3.63) is 22.7 Å². The zero-order valence-corrected chi connectivity index (χ0v) is 9.34. The SMILES string of the molecule is COCCc1nc2c(Br)cncc2[nH]1. The lowest BCUT2D eigenvalue weighted by molar-refractivity contribution is 0.201. The first kappa shape index (κ1) is 9.61. The minimum Gasteiger partial charge on any atom is -0.384 e. The molecule has 2 heterocycles. The second-order valence-corrected chi connectivity index (χ2v) is 3.80. The number of aromatic amines is 1. The third kappa shape index (κ3) is 1.78. The van der Waals surface area contributed by atoms with E-state index >= 15 is 0 Å². The highest BCUT2D eigenvalue weighted by molar-refractivity contribution is 9.10. The van der Waals surface area contributed by atoms with Gasteiger partial charge in [-0.25, -0.2) is 4.98 Å². The number of hydrogen-bond acceptors (Lipinski definition) is 3. The number of hydrogen-bond donors (Lipinski definition) is 1. The molecule has 1 N–H and O–H groups in total. The maximum atomic E-state index is 4.98. The molecule has 2 rings (SSSR count). The average Bonchev–Trinajstić information content (AvgIpc) is 2.59. The molecule has 14 heavy (non-hydrogen) atoms. The van der Waals surface area contributed by atoms with Crippen LogP contribution in [0.25, 0.3) is 11.0 Å². The molecule has 0 radical (unpaired) electrons. The van der Waals surface area contributed by atoms with Crippen molar-refractivity contribution in [1.29, 1.82) is 0 Å². The van der Waals surface area contributed by atoms with Gasteiger partial charge in [-0.3, -0.25) is 4.98 Å². The van der Waals surface area contributed by atoms with Crippen molar-refractivity contribution in [1.82, 2.24) is 15.0 Å². The monoisotopic (exact) mass is 255 g/mol. The summed E-state index contributed by atoms with van der Waals surface area (Å²) in [6, 6.07) is 0. The molecular weight excluding hydrogens is 246 g/mol. The fourth-order valence-electron chi connectivity index (χ4n) is 1.27. The van der Waals surface area contributed by atoms with Crippen molar-refractivity contribution in [2.75, 3.05) is 13.7 Å². The Labute approximate surface area is 89.8 Å². The molecule has 0 spiro atoms. The molecule has 0 saturated heterocycles. The van der Waals surface area contributed by atoms with E-state index < -0.39 is 0 Å². The van der Waals surface area contributed by atoms with Crippen molar-refractivity contribution in [2.45, 2.75) is 6.42 Å². The highest BCUT2D eigenvalue weighted by Gasteiger charge is 2.05. The molecule has 2 aromatic heterocycles. The molecule has 0 atom stereocenters. The Morgan fingerprint density at radius 2 is 2.36 bits per heavy atom. The molecular formula is C9H10BrN3O. The number of halogens is 1. The van der Waals surface area contributed by atoms with Crippen molar-refractivity contribution in [3.8, 4) is 0 Å². The van der Waals surface area contributed by atoms with E-state index in [0.717, 1.165) is 27.8 Å². The standard InChI is InChI=1S/C9H10BrN3O/c1-14-3-2-8-12-7-5-11-4-6(10)9(7)13-8/h4-5H,2-3H2,1H3,(H,12,13). The first-order chi connectivity index (χ1) is 6.81. The van der Waals surface area contributed by atoms with Crippen molar-refractivity contribution in [2.24, 2.45) is 0 Å². The molecule has 0 bridgehead atoms. The molecule has 0 saturated carbocycles. The number of rotatable bonds is 3. The molecule has 0 unspecified atom stereocenters. The average molecular weight is 256 g/mol. The second-order valence-electron chi connectivity index (χ2n) is 2.94. The number of methoxy groups -OCH3 is 1. The van der Waals surface area contributed by atoms with E-state index in [1.54, 1.807) is 19.5 Å². The Kier molecular flexibility index (Phi) is 2.79. The highest BCUT2D eigenvalue weighted by Crippen LogP contribution is 2.19. The molecule has 0 aliphatic rings. The topological polar surface area (TPSA) is 50.8 Å². The van der Waals surface area contributed by atoms with Crippen LogP contribution in [0.5, 0.6) is 0 Å². The summed E-state index contributed by atoms with van der Waals surface area (Å²) in [6.07, 6.45) is 4.30. The fourth-order valence-corrected chi connectivity index (χ4v) is 1.69. The van der Waals surface area contributed by atoms with Gasteiger partial charge in [0.1, 0.15) is 11.3 Å². The first-order valence-electron chi connectivity index (χ1n) is 4.28. The van der Waals surface area contributed by atoms with Gasteiger partial charge in [0.05, 0.1) is 22.8 Å². The van der Waals surface area contributed by atoms with Gasteiger partial charge < -0.3 is 9.72 Å². The van der Waals surface area contributed by atoms with Crippen molar-refractivity contribution in [3.63, 3.8) is 0 Å². The lowest BCUT2D eigenvalue weighted by Gasteiger charge is -1.92. The van der Waals surface area contributed by atoms with Gasteiger partial charge in [0, 0.05) is 19.7 Å². The van der Waals surface area contributed by atoms with Gasteiger partial charge in [-0.1, -0.05) is 0 Å². The van der Waals surface area contributed by atoms with E-state index in [1.807, 2.05) is 0 Å². The summed E-state index contributed by atoms with van der Waals surface area (Å²) < 4.78 is 5.90. The van der Waals surface area contributed by atoms with Crippen molar-refractivity contribution >= 4 is 27.0 Å². The first-order valence-corrected chi connectivity index (χ1v) is 5.07. The Bertz CT molecular complexity index is 441. The van der Waals surface area contributed by atoms with Gasteiger partial charge in [-0.2, -0.15) is 0 Å². The lowest BCUT2D eigenvalue weighted by Crippen LogP contribution is -1.95. The number of fused-ring (bicyclic) bond motifs is 1.